The summed E-state index contributed by atoms with van der Waals surface area (Å²) < 4.78 is 10.9. The second-order valence-corrected chi connectivity index (χ2v) is 10.2. The fourth-order valence-electron chi connectivity index (χ4n) is 4.48. The van der Waals surface area contributed by atoms with Gasteiger partial charge in [-0.1, -0.05) is 72.8 Å². The second kappa shape index (κ2) is 12.0. The van der Waals surface area contributed by atoms with Gasteiger partial charge in [0.25, 0.3) is 11.8 Å². The summed E-state index contributed by atoms with van der Waals surface area (Å²) in [7, 11) is 1.59. The lowest BCUT2D eigenvalue weighted by atomic mass is 10.0. The number of hydrogen-bond donors (Lipinski definition) is 1. The third-order valence-corrected chi connectivity index (χ3v) is 7.91. The first-order chi connectivity index (χ1) is 19.0. The molecule has 2 amide bonds. The third-order valence-electron chi connectivity index (χ3n) is 6.57. The molecule has 2 aliphatic rings. The van der Waals surface area contributed by atoms with Crippen LogP contribution in [0.3, 0.4) is 0 Å². The maximum absolute atomic E-state index is 13.4. The molecule has 1 saturated heterocycles. The molecule has 1 N–H and O–H groups in total. The maximum Gasteiger partial charge on any atom is 0.355 e. The molecule has 0 unspecified atom stereocenters. The van der Waals surface area contributed by atoms with E-state index in [0.29, 0.717) is 23.5 Å². The fraction of sp³-hybridized carbons (Fsp3) is 0.194. The van der Waals surface area contributed by atoms with Crippen LogP contribution >= 0.6 is 11.8 Å². The molecule has 0 spiro atoms. The number of esters is 1. The van der Waals surface area contributed by atoms with Crippen molar-refractivity contribution in [3.63, 3.8) is 0 Å². The summed E-state index contributed by atoms with van der Waals surface area (Å²) in [6.07, 6.45) is 4.47. The van der Waals surface area contributed by atoms with Gasteiger partial charge in [0, 0.05) is 11.3 Å². The van der Waals surface area contributed by atoms with E-state index in [0.717, 1.165) is 16.7 Å². The average molecular weight is 541 g/mol. The molecule has 198 valence electrons. The quantitative estimate of drug-likeness (QED) is 0.310. The molecular weight excluding hydrogens is 512 g/mol. The number of nitrogens with zero attached hydrogens (tertiary/aromatic N) is 1. The number of carbonyl (C=O) groups excluding carboxylic acids is 3. The van der Waals surface area contributed by atoms with Crippen molar-refractivity contribution in [1.82, 2.24) is 10.2 Å². The number of thioether (sulfide) groups is 1. The van der Waals surface area contributed by atoms with E-state index in [2.05, 4.69) is 5.32 Å². The molecule has 8 heteroatoms. The third kappa shape index (κ3) is 5.91. The van der Waals surface area contributed by atoms with Crippen LogP contribution < -0.4 is 10.1 Å². The molecule has 2 heterocycles. The number of carbonyl (C=O) groups is 3. The van der Waals surface area contributed by atoms with Crippen LogP contribution in [-0.4, -0.2) is 47.0 Å². The summed E-state index contributed by atoms with van der Waals surface area (Å²) in [5.74, 6) is 0.0524. The van der Waals surface area contributed by atoms with Gasteiger partial charge in [0.05, 0.1) is 7.11 Å². The highest BCUT2D eigenvalue weighted by atomic mass is 32.2. The molecule has 5 rings (SSSR count). The maximum atomic E-state index is 13.4. The summed E-state index contributed by atoms with van der Waals surface area (Å²) in [4.78, 5) is 40.9. The predicted octanol–water partition coefficient (Wildman–Crippen LogP) is 4.81. The zero-order valence-corrected chi connectivity index (χ0v) is 22.2. The van der Waals surface area contributed by atoms with Gasteiger partial charge in [0.1, 0.15) is 29.5 Å². The van der Waals surface area contributed by atoms with Crippen molar-refractivity contribution in [3.05, 3.63) is 119 Å². The fourth-order valence-corrected chi connectivity index (χ4v) is 5.84. The highest BCUT2D eigenvalue weighted by molar-refractivity contribution is 8.00. The molecule has 0 saturated carbocycles. The molecule has 0 bridgehead atoms. The number of rotatable bonds is 9. The molecule has 7 nitrogen and oxygen atoms in total. The van der Waals surface area contributed by atoms with Crippen LogP contribution in [-0.2, 0) is 20.9 Å². The highest BCUT2D eigenvalue weighted by Gasteiger charge is 2.54. The van der Waals surface area contributed by atoms with Crippen molar-refractivity contribution in [2.24, 2.45) is 0 Å². The van der Waals surface area contributed by atoms with Crippen LogP contribution in [0.4, 0.5) is 0 Å². The Morgan fingerprint density at radius 1 is 1.00 bits per heavy atom. The minimum Gasteiger partial charge on any atom is -0.497 e. The van der Waals surface area contributed by atoms with Gasteiger partial charge in [-0.2, -0.15) is 0 Å². The molecular formula is C31H28N2O5S. The lowest BCUT2D eigenvalue weighted by molar-refractivity contribution is -0.152. The Balaban J connectivity index is 1.34. The van der Waals surface area contributed by atoms with Crippen molar-refractivity contribution < 1.29 is 23.9 Å². The average Bonchev–Trinajstić information content (AvgIpc) is 2.99. The van der Waals surface area contributed by atoms with Gasteiger partial charge in [-0.3, -0.25) is 14.5 Å². The number of hydrogen-bond acceptors (Lipinski definition) is 6. The topological polar surface area (TPSA) is 84.9 Å². The zero-order valence-electron chi connectivity index (χ0n) is 21.4. The Morgan fingerprint density at radius 3 is 2.38 bits per heavy atom. The number of allylic oxidation sites excluding steroid dienone is 1. The van der Waals surface area contributed by atoms with Crippen LogP contribution in [0.5, 0.6) is 5.75 Å². The Labute approximate surface area is 231 Å². The van der Waals surface area contributed by atoms with Crippen LogP contribution in [0.2, 0.25) is 0 Å². The van der Waals surface area contributed by atoms with E-state index >= 15 is 0 Å². The second-order valence-electron chi connectivity index (χ2n) is 9.12. The molecule has 3 aromatic rings. The monoisotopic (exact) mass is 540 g/mol. The first-order valence-electron chi connectivity index (χ1n) is 12.6. The molecule has 3 aromatic carbocycles. The van der Waals surface area contributed by atoms with Gasteiger partial charge >= 0.3 is 5.97 Å². The summed E-state index contributed by atoms with van der Waals surface area (Å²) in [5, 5.41) is 2.46. The van der Waals surface area contributed by atoms with Crippen LogP contribution in [0, 0.1) is 0 Å². The van der Waals surface area contributed by atoms with Gasteiger partial charge in [-0.05, 0) is 47.4 Å². The Hall–Kier alpha value is -4.30. The minimum absolute atomic E-state index is 0.0630. The van der Waals surface area contributed by atoms with Crippen molar-refractivity contribution >= 4 is 35.6 Å². The van der Waals surface area contributed by atoms with Crippen LogP contribution in [0.15, 0.2) is 102 Å². The number of β-lactam (4-membered cyclic amide) rings is 1. The smallest absolute Gasteiger partial charge is 0.355 e. The number of ether oxygens (including phenoxy) is 2. The zero-order chi connectivity index (χ0) is 27.2. The first-order valence-corrected chi connectivity index (χ1v) is 13.6. The number of amides is 2. The van der Waals surface area contributed by atoms with Gasteiger partial charge < -0.3 is 14.8 Å². The molecule has 0 aliphatic carbocycles. The van der Waals surface area contributed by atoms with Gasteiger partial charge in [0.15, 0.2) is 0 Å². The molecule has 0 aromatic heterocycles. The SMILES string of the molecule is COc1ccc(COC(=O)C2=C(C/C=C/c3ccccc3)CS[C@@H]3[C@H](NC(=O)c4ccccc4)C(=O)N23)cc1. The lowest BCUT2D eigenvalue weighted by Gasteiger charge is -2.49. The van der Waals surface area contributed by atoms with Crippen LogP contribution in [0.25, 0.3) is 6.08 Å². The molecule has 2 atom stereocenters. The van der Waals surface area contributed by atoms with E-state index in [9.17, 15) is 14.4 Å². The summed E-state index contributed by atoms with van der Waals surface area (Å²) in [6, 6.07) is 25.2. The normalized spacial score (nSPS) is 18.4. The van der Waals surface area contributed by atoms with E-state index in [1.807, 2.05) is 60.7 Å². The number of methoxy groups -OCH3 is 1. The van der Waals surface area contributed by atoms with Gasteiger partial charge in [-0.15, -0.1) is 11.8 Å². The largest absolute Gasteiger partial charge is 0.497 e. The number of nitrogens with one attached hydrogen (secondary N) is 1. The van der Waals surface area contributed by atoms with Gasteiger partial charge in [-0.25, -0.2) is 4.79 Å². The number of benzene rings is 3. The van der Waals surface area contributed by atoms with E-state index < -0.39 is 12.0 Å². The minimum atomic E-state index is -0.714. The summed E-state index contributed by atoms with van der Waals surface area (Å²) in [5.41, 5.74) is 3.40. The summed E-state index contributed by atoms with van der Waals surface area (Å²) >= 11 is 1.53. The number of fused-ring (bicyclic) bond motifs is 1. The van der Waals surface area contributed by atoms with Gasteiger partial charge in [0.2, 0.25) is 0 Å². The van der Waals surface area contributed by atoms with Crippen molar-refractivity contribution in [2.75, 3.05) is 12.9 Å². The van der Waals surface area contributed by atoms with E-state index in [1.54, 1.807) is 43.5 Å². The molecule has 2 aliphatic heterocycles. The predicted molar refractivity (Wildman–Crippen MR) is 151 cm³/mol. The van der Waals surface area contributed by atoms with Crippen LogP contribution in [0.1, 0.15) is 27.9 Å². The van der Waals surface area contributed by atoms with Crippen molar-refractivity contribution in [2.45, 2.75) is 24.4 Å². The Kier molecular flexibility index (Phi) is 8.13. The highest BCUT2D eigenvalue weighted by Crippen LogP contribution is 2.41. The van der Waals surface area contributed by atoms with E-state index in [-0.39, 0.29) is 29.5 Å². The Bertz CT molecular complexity index is 1400. The molecule has 39 heavy (non-hydrogen) atoms. The first kappa shape index (κ1) is 26.3. The lowest BCUT2D eigenvalue weighted by Crippen LogP contribution is -2.70. The van der Waals surface area contributed by atoms with Crippen molar-refractivity contribution in [3.8, 4) is 5.75 Å². The van der Waals surface area contributed by atoms with Crippen molar-refractivity contribution in [1.29, 1.82) is 0 Å². The van der Waals surface area contributed by atoms with E-state index in [4.69, 9.17) is 9.47 Å². The Morgan fingerprint density at radius 2 is 1.69 bits per heavy atom. The van der Waals surface area contributed by atoms with E-state index in [1.165, 1.54) is 16.7 Å². The standard InChI is InChI=1S/C31H28N2O5S/c1-37-25-17-15-22(16-18-25)19-38-31(36)27-24(14-8-11-21-9-4-2-5-10-21)20-39-30-26(29(35)33(27)30)32-28(34)23-12-6-3-7-13-23/h2-13,15-18,26,30H,14,19-20H2,1H3,(H,32,34)/b11-8+/t26-,30-/m1/s1. The molecule has 0 radical (unpaired) electrons. The molecule has 1 fully saturated rings. The summed E-state index contributed by atoms with van der Waals surface area (Å²) in [6.45, 7) is 0.0630.